The number of hydrogen-bond acceptors (Lipinski definition) is 2. The molecule has 4 rings (SSSR count). The molecule has 0 saturated heterocycles. The highest BCUT2D eigenvalue weighted by Crippen LogP contribution is 2.25. The van der Waals surface area contributed by atoms with Crippen molar-refractivity contribution in [2.24, 2.45) is 0 Å². The fourth-order valence-corrected chi connectivity index (χ4v) is 4.51. The van der Waals surface area contributed by atoms with Crippen LogP contribution in [0.15, 0.2) is 91.0 Å². The van der Waals surface area contributed by atoms with Gasteiger partial charge in [0.05, 0.1) is 10.0 Å². The molecular weight excluding hydrogens is 463 g/mol. The number of amides is 1. The Kier molecular flexibility index (Phi) is 8.23. The first-order valence-corrected chi connectivity index (χ1v) is 12.2. The van der Waals surface area contributed by atoms with Crippen LogP contribution in [0.5, 0.6) is 0 Å². The van der Waals surface area contributed by atoms with Gasteiger partial charge in [-0.1, -0.05) is 102 Å². The van der Waals surface area contributed by atoms with Gasteiger partial charge < -0.3 is 10.2 Å². The number of halogens is 2. The Labute approximate surface area is 211 Å². The summed E-state index contributed by atoms with van der Waals surface area (Å²) in [5.41, 5.74) is 3.28. The van der Waals surface area contributed by atoms with Gasteiger partial charge in [-0.25, -0.2) is 0 Å². The van der Waals surface area contributed by atoms with E-state index in [-0.39, 0.29) is 11.9 Å². The zero-order valence-electron chi connectivity index (χ0n) is 19.2. The van der Waals surface area contributed by atoms with Gasteiger partial charge in [0.25, 0.3) is 0 Å². The summed E-state index contributed by atoms with van der Waals surface area (Å²) < 4.78 is 0. The van der Waals surface area contributed by atoms with Gasteiger partial charge in [0.2, 0.25) is 5.91 Å². The summed E-state index contributed by atoms with van der Waals surface area (Å²) in [6.45, 7) is 3.75. The lowest BCUT2D eigenvalue weighted by Crippen LogP contribution is -2.33. The summed E-state index contributed by atoms with van der Waals surface area (Å²) in [6.07, 6.45) is 0.406. The number of carbonyl (C=O) groups excluding carboxylic acids is 1. The SMILES string of the molecule is CC(NCCC(=O)N(Cc1ccccc1)Cc1ccc(Cl)c(Cl)c1)c1cccc2ccccc12. The maximum Gasteiger partial charge on any atom is 0.224 e. The van der Waals surface area contributed by atoms with Crippen LogP contribution in [-0.2, 0) is 17.9 Å². The third-order valence-corrected chi connectivity index (χ3v) is 6.74. The second kappa shape index (κ2) is 11.5. The summed E-state index contributed by atoms with van der Waals surface area (Å²) in [6, 6.07) is 30.4. The minimum Gasteiger partial charge on any atom is -0.334 e. The minimum atomic E-state index is 0.0903. The van der Waals surface area contributed by atoms with Gasteiger partial charge >= 0.3 is 0 Å². The van der Waals surface area contributed by atoms with E-state index in [2.05, 4.69) is 54.7 Å². The smallest absolute Gasteiger partial charge is 0.224 e. The quantitative estimate of drug-likeness (QED) is 0.264. The summed E-state index contributed by atoms with van der Waals surface area (Å²) in [5, 5.41) is 7.00. The molecule has 0 bridgehead atoms. The van der Waals surface area contributed by atoms with Crippen LogP contribution in [0.3, 0.4) is 0 Å². The van der Waals surface area contributed by atoms with Crippen molar-refractivity contribution in [1.29, 1.82) is 0 Å². The predicted octanol–water partition coefficient (Wildman–Crippen LogP) is 7.42. The molecule has 1 atom stereocenters. The number of hydrogen-bond donors (Lipinski definition) is 1. The Balaban J connectivity index is 1.42. The number of nitrogens with zero attached hydrogens (tertiary/aromatic N) is 1. The standard InChI is InChI=1S/C29H28Cl2N2O/c1-21(25-13-7-11-24-10-5-6-12-26(24)25)32-17-16-29(34)33(19-22-8-3-2-4-9-22)20-23-14-15-27(30)28(31)18-23/h2-15,18,21,32H,16-17,19-20H2,1H3. The van der Waals surface area contributed by atoms with Crippen molar-refractivity contribution in [3.63, 3.8) is 0 Å². The molecule has 174 valence electrons. The van der Waals surface area contributed by atoms with Gasteiger partial charge in [-0.15, -0.1) is 0 Å². The van der Waals surface area contributed by atoms with Gasteiger partial charge in [-0.05, 0) is 46.5 Å². The van der Waals surface area contributed by atoms with Gasteiger partial charge in [0, 0.05) is 32.1 Å². The molecule has 0 heterocycles. The maximum atomic E-state index is 13.3. The first-order valence-electron chi connectivity index (χ1n) is 11.5. The van der Waals surface area contributed by atoms with Crippen molar-refractivity contribution in [3.8, 4) is 0 Å². The molecule has 0 radical (unpaired) electrons. The fraction of sp³-hybridized carbons (Fsp3) is 0.207. The number of fused-ring (bicyclic) bond motifs is 1. The topological polar surface area (TPSA) is 32.3 Å². The molecule has 0 aromatic heterocycles. The van der Waals surface area contributed by atoms with Crippen LogP contribution in [0, 0.1) is 0 Å². The molecule has 0 aliphatic carbocycles. The Morgan fingerprint density at radius 3 is 2.32 bits per heavy atom. The van der Waals surface area contributed by atoms with Gasteiger partial charge in [0.15, 0.2) is 0 Å². The lowest BCUT2D eigenvalue weighted by Gasteiger charge is -2.24. The van der Waals surface area contributed by atoms with Crippen LogP contribution in [0.2, 0.25) is 10.0 Å². The molecule has 0 aliphatic heterocycles. The van der Waals surface area contributed by atoms with Crippen LogP contribution >= 0.6 is 23.2 Å². The van der Waals surface area contributed by atoms with Crippen LogP contribution in [0.1, 0.15) is 36.1 Å². The van der Waals surface area contributed by atoms with Crippen molar-refractivity contribution in [3.05, 3.63) is 118 Å². The van der Waals surface area contributed by atoms with Crippen LogP contribution in [0.25, 0.3) is 10.8 Å². The maximum absolute atomic E-state index is 13.3. The zero-order valence-corrected chi connectivity index (χ0v) is 20.7. The van der Waals surface area contributed by atoms with E-state index in [1.54, 1.807) is 6.07 Å². The zero-order chi connectivity index (χ0) is 23.9. The van der Waals surface area contributed by atoms with E-state index in [1.165, 1.54) is 16.3 Å². The highest BCUT2D eigenvalue weighted by atomic mass is 35.5. The van der Waals surface area contributed by atoms with Gasteiger partial charge in [0.1, 0.15) is 0 Å². The Morgan fingerprint density at radius 1 is 0.824 bits per heavy atom. The highest BCUT2D eigenvalue weighted by molar-refractivity contribution is 6.42. The molecule has 1 amide bonds. The molecule has 0 spiro atoms. The molecular formula is C29H28Cl2N2O. The van der Waals surface area contributed by atoms with E-state index in [0.717, 1.165) is 11.1 Å². The molecule has 5 heteroatoms. The molecule has 0 saturated carbocycles. The van der Waals surface area contributed by atoms with E-state index in [9.17, 15) is 4.79 Å². The third kappa shape index (κ3) is 6.18. The lowest BCUT2D eigenvalue weighted by atomic mass is 9.99. The summed E-state index contributed by atoms with van der Waals surface area (Å²) in [4.78, 5) is 15.1. The minimum absolute atomic E-state index is 0.0903. The monoisotopic (exact) mass is 490 g/mol. The first kappa shape index (κ1) is 24.3. The Bertz CT molecular complexity index is 1250. The van der Waals surface area contributed by atoms with Crippen molar-refractivity contribution < 1.29 is 4.79 Å². The van der Waals surface area contributed by atoms with E-state index < -0.39 is 0 Å². The number of rotatable bonds is 9. The third-order valence-electron chi connectivity index (χ3n) is 6.01. The summed E-state index contributed by atoms with van der Waals surface area (Å²) >= 11 is 12.3. The van der Waals surface area contributed by atoms with Crippen LogP contribution < -0.4 is 5.32 Å². The number of nitrogens with one attached hydrogen (secondary N) is 1. The van der Waals surface area contributed by atoms with Crippen LogP contribution in [-0.4, -0.2) is 17.4 Å². The highest BCUT2D eigenvalue weighted by Gasteiger charge is 2.16. The molecule has 1 N–H and O–H groups in total. The normalized spacial score (nSPS) is 12.0. The van der Waals surface area contributed by atoms with E-state index >= 15 is 0 Å². The van der Waals surface area contributed by atoms with Gasteiger partial charge in [-0.2, -0.15) is 0 Å². The van der Waals surface area contributed by atoms with Crippen molar-refractivity contribution >= 4 is 39.9 Å². The Hall–Kier alpha value is -2.85. The average molecular weight is 491 g/mol. The van der Waals surface area contributed by atoms with Crippen molar-refractivity contribution in [2.45, 2.75) is 32.5 Å². The number of carbonyl (C=O) groups is 1. The average Bonchev–Trinajstić information content (AvgIpc) is 2.86. The van der Waals surface area contributed by atoms with E-state index in [4.69, 9.17) is 23.2 Å². The predicted molar refractivity (Wildman–Crippen MR) is 142 cm³/mol. The molecule has 34 heavy (non-hydrogen) atoms. The first-order chi connectivity index (χ1) is 16.5. The largest absolute Gasteiger partial charge is 0.334 e. The van der Waals surface area contributed by atoms with E-state index in [0.29, 0.717) is 36.1 Å². The van der Waals surface area contributed by atoms with Crippen molar-refractivity contribution in [2.75, 3.05) is 6.54 Å². The second-order valence-corrected chi connectivity index (χ2v) is 9.29. The van der Waals surface area contributed by atoms with E-state index in [1.807, 2.05) is 47.4 Å². The van der Waals surface area contributed by atoms with Crippen molar-refractivity contribution in [1.82, 2.24) is 10.2 Å². The molecule has 0 aliphatic rings. The molecule has 0 fully saturated rings. The van der Waals surface area contributed by atoms with Gasteiger partial charge in [-0.3, -0.25) is 4.79 Å². The molecule has 4 aromatic rings. The van der Waals surface area contributed by atoms with Crippen LogP contribution in [0.4, 0.5) is 0 Å². The number of benzene rings is 4. The Morgan fingerprint density at radius 2 is 1.53 bits per heavy atom. The lowest BCUT2D eigenvalue weighted by molar-refractivity contribution is -0.132. The second-order valence-electron chi connectivity index (χ2n) is 8.48. The molecule has 3 nitrogen and oxygen atoms in total. The molecule has 4 aromatic carbocycles. The summed E-state index contributed by atoms with van der Waals surface area (Å²) in [5.74, 6) is 0.0903. The fourth-order valence-electron chi connectivity index (χ4n) is 4.19. The summed E-state index contributed by atoms with van der Waals surface area (Å²) in [7, 11) is 0. The molecule has 1 unspecified atom stereocenters.